The van der Waals surface area contributed by atoms with Crippen LogP contribution >= 0.6 is 0 Å². The second kappa shape index (κ2) is 4.81. The van der Waals surface area contributed by atoms with Gasteiger partial charge in [-0.2, -0.15) is 0 Å². The van der Waals surface area contributed by atoms with Crippen molar-refractivity contribution >= 4 is 5.78 Å². The number of fused-ring (bicyclic) bond motifs is 5. The lowest BCUT2D eigenvalue weighted by molar-refractivity contribution is -0.120. The largest absolute Gasteiger partial charge is 0.385 e. The standard InChI is InChI=1S/C21H30O2/c1-4-21(23)12-9-18-16-6-5-14-13-15(22)7-10-19(14,2)17(16)8-11-20(18,21)3/h4,13,16-18,23H,1,5-12H2,2-3H3/t16-,17-,18+,19+,20-,21+/m0/s1. The second-order valence-corrected chi connectivity index (χ2v) is 9.09. The predicted molar refractivity (Wildman–Crippen MR) is 91.9 cm³/mol. The lowest BCUT2D eigenvalue weighted by Gasteiger charge is -2.58. The summed E-state index contributed by atoms with van der Waals surface area (Å²) < 4.78 is 0. The van der Waals surface area contributed by atoms with Crippen molar-refractivity contribution in [1.82, 2.24) is 0 Å². The number of carbonyl (C=O) groups excluding carboxylic acids is 1. The molecule has 0 saturated heterocycles. The van der Waals surface area contributed by atoms with Crippen LogP contribution in [-0.2, 0) is 4.79 Å². The van der Waals surface area contributed by atoms with E-state index in [0.717, 1.165) is 38.5 Å². The van der Waals surface area contributed by atoms with Crippen LogP contribution in [0.2, 0.25) is 0 Å². The Bertz CT molecular complexity index is 591. The summed E-state index contributed by atoms with van der Waals surface area (Å²) in [6.07, 6.45) is 12.1. The van der Waals surface area contributed by atoms with Crippen molar-refractivity contribution in [1.29, 1.82) is 0 Å². The van der Waals surface area contributed by atoms with Crippen molar-refractivity contribution < 1.29 is 9.90 Å². The summed E-state index contributed by atoms with van der Waals surface area (Å²) in [5.74, 6) is 2.35. The quantitative estimate of drug-likeness (QED) is 0.727. The molecule has 0 amide bonds. The van der Waals surface area contributed by atoms with Gasteiger partial charge in [-0.15, -0.1) is 6.58 Å². The van der Waals surface area contributed by atoms with Gasteiger partial charge in [0.15, 0.2) is 5.78 Å². The van der Waals surface area contributed by atoms with Crippen LogP contribution in [-0.4, -0.2) is 16.5 Å². The number of aliphatic hydroxyl groups is 1. The molecule has 23 heavy (non-hydrogen) atoms. The third kappa shape index (κ3) is 1.88. The van der Waals surface area contributed by atoms with Crippen LogP contribution in [0.1, 0.15) is 65.2 Å². The van der Waals surface area contributed by atoms with Gasteiger partial charge in [0.2, 0.25) is 0 Å². The van der Waals surface area contributed by atoms with Gasteiger partial charge < -0.3 is 5.11 Å². The highest BCUT2D eigenvalue weighted by Crippen LogP contribution is 2.67. The molecule has 126 valence electrons. The van der Waals surface area contributed by atoms with Gasteiger partial charge in [0.1, 0.15) is 0 Å². The second-order valence-electron chi connectivity index (χ2n) is 9.09. The van der Waals surface area contributed by atoms with E-state index in [1.54, 1.807) is 0 Å². The van der Waals surface area contributed by atoms with Gasteiger partial charge in [0, 0.05) is 11.8 Å². The highest BCUT2D eigenvalue weighted by atomic mass is 16.3. The highest BCUT2D eigenvalue weighted by molar-refractivity contribution is 5.91. The summed E-state index contributed by atoms with van der Waals surface area (Å²) >= 11 is 0. The van der Waals surface area contributed by atoms with Gasteiger partial charge in [-0.25, -0.2) is 0 Å². The van der Waals surface area contributed by atoms with Crippen LogP contribution in [0, 0.1) is 28.6 Å². The van der Waals surface area contributed by atoms with Crippen molar-refractivity contribution in [3.8, 4) is 0 Å². The third-order valence-corrected chi connectivity index (χ3v) is 8.51. The molecule has 0 bridgehead atoms. The molecule has 0 radical (unpaired) electrons. The van der Waals surface area contributed by atoms with Gasteiger partial charge in [-0.3, -0.25) is 4.79 Å². The first-order valence-corrected chi connectivity index (χ1v) is 9.44. The van der Waals surface area contributed by atoms with Crippen molar-refractivity contribution in [2.75, 3.05) is 0 Å². The summed E-state index contributed by atoms with van der Waals surface area (Å²) in [5, 5.41) is 11.1. The number of ketones is 1. The minimum atomic E-state index is -0.678. The Hall–Kier alpha value is -0.890. The molecule has 4 aliphatic carbocycles. The lowest BCUT2D eigenvalue weighted by Crippen LogP contribution is -2.54. The molecule has 3 saturated carbocycles. The van der Waals surface area contributed by atoms with E-state index in [2.05, 4.69) is 20.4 Å². The monoisotopic (exact) mass is 314 g/mol. The first kappa shape index (κ1) is 15.6. The fraction of sp³-hybridized carbons (Fsp3) is 0.762. The molecule has 2 heteroatoms. The van der Waals surface area contributed by atoms with Gasteiger partial charge in [-0.05, 0) is 74.2 Å². The van der Waals surface area contributed by atoms with Gasteiger partial charge in [0.25, 0.3) is 0 Å². The van der Waals surface area contributed by atoms with Gasteiger partial charge in [-0.1, -0.05) is 25.5 Å². The number of allylic oxidation sites excluding steroid dienone is 1. The van der Waals surface area contributed by atoms with Crippen molar-refractivity contribution in [3.05, 3.63) is 24.3 Å². The summed E-state index contributed by atoms with van der Waals surface area (Å²) in [6, 6.07) is 0. The summed E-state index contributed by atoms with van der Waals surface area (Å²) in [7, 11) is 0. The smallest absolute Gasteiger partial charge is 0.155 e. The Morgan fingerprint density at radius 2 is 1.87 bits per heavy atom. The van der Waals surface area contributed by atoms with E-state index in [0.29, 0.717) is 23.5 Å². The molecular weight excluding hydrogens is 284 g/mol. The molecule has 4 aliphatic rings. The van der Waals surface area contributed by atoms with E-state index in [1.165, 1.54) is 18.4 Å². The van der Waals surface area contributed by atoms with Crippen molar-refractivity contribution in [2.24, 2.45) is 28.6 Å². The summed E-state index contributed by atoms with van der Waals surface area (Å²) in [4.78, 5) is 11.9. The van der Waals surface area contributed by atoms with Gasteiger partial charge in [0.05, 0.1) is 5.60 Å². The normalized spacial score (nSPS) is 52.2. The fourth-order valence-corrected chi connectivity index (χ4v) is 6.95. The van der Waals surface area contributed by atoms with E-state index >= 15 is 0 Å². The number of hydrogen-bond donors (Lipinski definition) is 1. The van der Waals surface area contributed by atoms with Crippen LogP contribution in [0.5, 0.6) is 0 Å². The van der Waals surface area contributed by atoms with Crippen molar-refractivity contribution in [2.45, 2.75) is 70.8 Å². The molecule has 2 nitrogen and oxygen atoms in total. The van der Waals surface area contributed by atoms with Crippen LogP contribution in [0.4, 0.5) is 0 Å². The highest BCUT2D eigenvalue weighted by Gasteiger charge is 2.62. The van der Waals surface area contributed by atoms with E-state index in [9.17, 15) is 9.90 Å². The molecular formula is C21H30O2. The van der Waals surface area contributed by atoms with E-state index in [4.69, 9.17) is 0 Å². The fourth-order valence-electron chi connectivity index (χ4n) is 6.95. The Morgan fingerprint density at radius 3 is 2.61 bits per heavy atom. The van der Waals surface area contributed by atoms with E-state index in [-0.39, 0.29) is 10.8 Å². The summed E-state index contributed by atoms with van der Waals surface area (Å²) in [6.45, 7) is 8.67. The minimum Gasteiger partial charge on any atom is -0.385 e. The maximum absolute atomic E-state index is 11.9. The Balaban J connectivity index is 1.70. The van der Waals surface area contributed by atoms with E-state index in [1.807, 2.05) is 12.2 Å². The first-order valence-electron chi connectivity index (χ1n) is 9.44. The van der Waals surface area contributed by atoms with Gasteiger partial charge >= 0.3 is 0 Å². The zero-order valence-electron chi connectivity index (χ0n) is 14.6. The maximum Gasteiger partial charge on any atom is 0.155 e. The summed E-state index contributed by atoms with van der Waals surface area (Å²) in [5.41, 5.74) is 0.975. The molecule has 0 aromatic heterocycles. The zero-order chi connectivity index (χ0) is 16.5. The maximum atomic E-state index is 11.9. The van der Waals surface area contributed by atoms with Crippen LogP contribution < -0.4 is 0 Å². The molecule has 4 rings (SSSR count). The molecule has 1 N–H and O–H groups in total. The molecule has 0 aromatic carbocycles. The zero-order valence-corrected chi connectivity index (χ0v) is 14.6. The van der Waals surface area contributed by atoms with Crippen LogP contribution in [0.15, 0.2) is 24.3 Å². The lowest BCUT2D eigenvalue weighted by atomic mass is 9.46. The molecule has 0 heterocycles. The number of carbonyl (C=O) groups is 1. The molecule has 3 fully saturated rings. The van der Waals surface area contributed by atoms with Crippen molar-refractivity contribution in [3.63, 3.8) is 0 Å². The number of rotatable bonds is 1. The Morgan fingerprint density at radius 1 is 1.13 bits per heavy atom. The topological polar surface area (TPSA) is 37.3 Å². The third-order valence-electron chi connectivity index (χ3n) is 8.51. The Labute approximate surface area is 140 Å². The average Bonchev–Trinajstić information content (AvgIpc) is 2.80. The SMILES string of the molecule is C=C[C@@]1(O)CC[C@@H]2[C@H]3CCC4=CC(=O)CC[C@@]4(C)[C@H]3CC[C@@]21C. The van der Waals surface area contributed by atoms with Crippen LogP contribution in [0.25, 0.3) is 0 Å². The molecule has 6 atom stereocenters. The average molecular weight is 314 g/mol. The molecule has 0 unspecified atom stereocenters. The minimum absolute atomic E-state index is 0.00200. The Kier molecular flexibility index (Phi) is 3.27. The van der Waals surface area contributed by atoms with Crippen LogP contribution in [0.3, 0.4) is 0 Å². The molecule has 0 aromatic rings. The number of hydrogen-bond acceptors (Lipinski definition) is 2. The first-order chi connectivity index (χ1) is 10.8. The predicted octanol–water partition coefficient (Wildman–Crippen LogP) is 4.44. The molecule has 0 spiro atoms. The molecule has 0 aliphatic heterocycles. The van der Waals surface area contributed by atoms with E-state index < -0.39 is 5.60 Å².